The molecule has 2 fully saturated rings. The lowest BCUT2D eigenvalue weighted by atomic mass is 9.86. The Hall–Kier alpha value is -1.51. The summed E-state index contributed by atoms with van der Waals surface area (Å²) in [5.41, 5.74) is 9.63. The molecule has 3 atom stereocenters. The molecule has 1 amide bonds. The highest BCUT2D eigenvalue weighted by molar-refractivity contribution is 5.93. The number of rotatable bonds is 3. The standard InChI is InChI=1S/C17H24N2O/c1-10-3-6-15(18)11(2)17(10)19-16(20)9-14-8-12-4-5-13(14)7-12/h3,6,12-14H,4-5,7-9,18H2,1-2H3,(H,19,20). The normalized spacial score (nSPS) is 27.8. The van der Waals surface area contributed by atoms with E-state index in [9.17, 15) is 4.79 Å². The monoisotopic (exact) mass is 272 g/mol. The van der Waals surface area contributed by atoms with Crippen molar-refractivity contribution in [2.75, 3.05) is 11.1 Å². The van der Waals surface area contributed by atoms with E-state index in [1.807, 2.05) is 26.0 Å². The Balaban J connectivity index is 1.66. The number of aryl methyl sites for hydroxylation is 1. The lowest BCUT2D eigenvalue weighted by Crippen LogP contribution is -2.21. The summed E-state index contributed by atoms with van der Waals surface area (Å²) in [4.78, 5) is 12.3. The first-order chi connectivity index (χ1) is 9.54. The average molecular weight is 272 g/mol. The van der Waals surface area contributed by atoms with Gasteiger partial charge in [-0.3, -0.25) is 4.79 Å². The molecule has 0 saturated heterocycles. The number of carbonyl (C=O) groups is 1. The first kappa shape index (κ1) is 13.5. The van der Waals surface area contributed by atoms with Gasteiger partial charge in [0.25, 0.3) is 0 Å². The first-order valence-corrected chi connectivity index (χ1v) is 7.70. The van der Waals surface area contributed by atoms with Crippen LogP contribution in [-0.2, 0) is 4.79 Å². The lowest BCUT2D eigenvalue weighted by molar-refractivity contribution is -0.117. The summed E-state index contributed by atoms with van der Waals surface area (Å²) in [5, 5.41) is 3.09. The molecular weight excluding hydrogens is 248 g/mol. The zero-order valence-corrected chi connectivity index (χ0v) is 12.4. The van der Waals surface area contributed by atoms with E-state index in [2.05, 4.69) is 5.32 Å². The van der Waals surface area contributed by atoms with Gasteiger partial charge in [-0.1, -0.05) is 12.5 Å². The van der Waals surface area contributed by atoms with Gasteiger partial charge in [-0.2, -0.15) is 0 Å². The summed E-state index contributed by atoms with van der Waals surface area (Å²) in [6.45, 7) is 3.98. The van der Waals surface area contributed by atoms with Gasteiger partial charge in [0.05, 0.1) is 0 Å². The Bertz CT molecular complexity index is 538. The van der Waals surface area contributed by atoms with Gasteiger partial charge >= 0.3 is 0 Å². The number of hydrogen-bond acceptors (Lipinski definition) is 2. The van der Waals surface area contributed by atoms with Gasteiger partial charge < -0.3 is 11.1 Å². The highest BCUT2D eigenvalue weighted by Gasteiger charge is 2.40. The van der Waals surface area contributed by atoms with Crippen LogP contribution in [0, 0.1) is 31.6 Å². The molecule has 2 aliphatic carbocycles. The number of anilines is 2. The molecule has 3 rings (SSSR count). The van der Waals surface area contributed by atoms with Crippen LogP contribution in [-0.4, -0.2) is 5.91 Å². The number of nitrogen functional groups attached to an aromatic ring is 1. The van der Waals surface area contributed by atoms with Crippen molar-refractivity contribution in [3.8, 4) is 0 Å². The zero-order valence-electron chi connectivity index (χ0n) is 12.4. The summed E-state index contributed by atoms with van der Waals surface area (Å²) in [6.07, 6.45) is 6.01. The Labute approximate surface area is 120 Å². The fraction of sp³-hybridized carbons (Fsp3) is 0.588. The molecule has 20 heavy (non-hydrogen) atoms. The Kier molecular flexibility index (Phi) is 3.45. The van der Waals surface area contributed by atoms with E-state index >= 15 is 0 Å². The minimum Gasteiger partial charge on any atom is -0.398 e. The van der Waals surface area contributed by atoms with Crippen molar-refractivity contribution >= 4 is 17.3 Å². The molecule has 3 N–H and O–H groups in total. The molecule has 0 radical (unpaired) electrons. The van der Waals surface area contributed by atoms with Crippen LogP contribution in [0.1, 0.15) is 43.2 Å². The van der Waals surface area contributed by atoms with Crippen LogP contribution in [0.5, 0.6) is 0 Å². The molecule has 0 aromatic heterocycles. The van der Waals surface area contributed by atoms with E-state index in [0.29, 0.717) is 12.3 Å². The molecule has 2 saturated carbocycles. The van der Waals surface area contributed by atoms with Crippen molar-refractivity contribution in [3.05, 3.63) is 23.3 Å². The highest BCUT2D eigenvalue weighted by atomic mass is 16.1. The van der Waals surface area contributed by atoms with E-state index in [4.69, 9.17) is 5.73 Å². The molecule has 2 aliphatic rings. The number of amides is 1. The molecule has 0 heterocycles. The predicted molar refractivity (Wildman–Crippen MR) is 82.5 cm³/mol. The molecule has 2 bridgehead atoms. The van der Waals surface area contributed by atoms with Crippen LogP contribution >= 0.6 is 0 Å². The number of nitrogens with two attached hydrogens (primary N) is 1. The summed E-state index contributed by atoms with van der Waals surface area (Å²) < 4.78 is 0. The summed E-state index contributed by atoms with van der Waals surface area (Å²) in [5.74, 6) is 2.46. The fourth-order valence-corrected chi connectivity index (χ4v) is 4.11. The van der Waals surface area contributed by atoms with Crippen LogP contribution < -0.4 is 11.1 Å². The Morgan fingerprint density at radius 1 is 1.30 bits per heavy atom. The largest absolute Gasteiger partial charge is 0.398 e. The summed E-state index contributed by atoms with van der Waals surface area (Å²) in [6, 6.07) is 3.87. The van der Waals surface area contributed by atoms with Crippen LogP contribution in [0.4, 0.5) is 11.4 Å². The molecule has 3 nitrogen and oxygen atoms in total. The second-order valence-electron chi connectivity index (χ2n) is 6.66. The van der Waals surface area contributed by atoms with Crippen LogP contribution in [0.15, 0.2) is 12.1 Å². The van der Waals surface area contributed by atoms with Crippen molar-refractivity contribution < 1.29 is 4.79 Å². The van der Waals surface area contributed by atoms with Gasteiger partial charge in [-0.25, -0.2) is 0 Å². The SMILES string of the molecule is Cc1ccc(N)c(C)c1NC(=O)CC1CC2CCC1C2. The van der Waals surface area contributed by atoms with Gasteiger partial charge in [0.1, 0.15) is 0 Å². The molecule has 1 aromatic rings. The van der Waals surface area contributed by atoms with E-state index in [1.54, 1.807) is 0 Å². The third-order valence-electron chi connectivity index (χ3n) is 5.31. The number of carbonyl (C=O) groups excluding carboxylic acids is 1. The number of nitrogens with one attached hydrogen (secondary N) is 1. The predicted octanol–water partition coefficient (Wildman–Crippen LogP) is 3.65. The Morgan fingerprint density at radius 2 is 2.10 bits per heavy atom. The average Bonchev–Trinajstić information content (AvgIpc) is 3.01. The lowest BCUT2D eigenvalue weighted by Gasteiger charge is -2.21. The van der Waals surface area contributed by atoms with Crippen LogP contribution in [0.25, 0.3) is 0 Å². The van der Waals surface area contributed by atoms with Gasteiger partial charge in [0.2, 0.25) is 5.91 Å². The molecule has 1 aromatic carbocycles. The minimum atomic E-state index is 0.152. The molecule has 0 spiro atoms. The van der Waals surface area contributed by atoms with E-state index < -0.39 is 0 Å². The summed E-state index contributed by atoms with van der Waals surface area (Å²) >= 11 is 0. The Morgan fingerprint density at radius 3 is 2.75 bits per heavy atom. The van der Waals surface area contributed by atoms with Crippen molar-refractivity contribution in [1.82, 2.24) is 0 Å². The van der Waals surface area contributed by atoms with Gasteiger partial charge in [-0.05, 0) is 68.1 Å². The molecule has 108 valence electrons. The van der Waals surface area contributed by atoms with E-state index in [1.165, 1.54) is 25.7 Å². The van der Waals surface area contributed by atoms with Crippen LogP contribution in [0.3, 0.4) is 0 Å². The molecule has 0 aliphatic heterocycles. The highest BCUT2D eigenvalue weighted by Crippen LogP contribution is 2.49. The number of hydrogen-bond donors (Lipinski definition) is 2. The summed E-state index contributed by atoms with van der Waals surface area (Å²) in [7, 11) is 0. The topological polar surface area (TPSA) is 55.1 Å². The van der Waals surface area contributed by atoms with Crippen molar-refractivity contribution in [3.63, 3.8) is 0 Å². The molecule has 3 unspecified atom stereocenters. The second-order valence-corrected chi connectivity index (χ2v) is 6.66. The van der Waals surface area contributed by atoms with E-state index in [0.717, 1.165) is 34.3 Å². The van der Waals surface area contributed by atoms with Gasteiger partial charge in [-0.15, -0.1) is 0 Å². The fourth-order valence-electron chi connectivity index (χ4n) is 4.11. The smallest absolute Gasteiger partial charge is 0.224 e. The quantitative estimate of drug-likeness (QED) is 0.825. The first-order valence-electron chi connectivity index (χ1n) is 7.70. The third-order valence-corrected chi connectivity index (χ3v) is 5.31. The maximum Gasteiger partial charge on any atom is 0.224 e. The maximum absolute atomic E-state index is 12.3. The maximum atomic E-state index is 12.3. The van der Waals surface area contributed by atoms with Gasteiger partial charge in [0, 0.05) is 17.8 Å². The third kappa shape index (κ3) is 2.41. The number of fused-ring (bicyclic) bond motifs is 2. The van der Waals surface area contributed by atoms with Crippen molar-refractivity contribution in [1.29, 1.82) is 0 Å². The van der Waals surface area contributed by atoms with Gasteiger partial charge in [0.15, 0.2) is 0 Å². The van der Waals surface area contributed by atoms with Crippen molar-refractivity contribution in [2.45, 2.75) is 46.0 Å². The van der Waals surface area contributed by atoms with E-state index in [-0.39, 0.29) is 5.91 Å². The van der Waals surface area contributed by atoms with Crippen molar-refractivity contribution in [2.24, 2.45) is 17.8 Å². The zero-order chi connectivity index (χ0) is 14.3. The molecular formula is C17H24N2O. The molecule has 3 heteroatoms. The van der Waals surface area contributed by atoms with Crippen LogP contribution in [0.2, 0.25) is 0 Å². The minimum absolute atomic E-state index is 0.152. The number of benzene rings is 1. The second kappa shape index (κ2) is 5.12.